The molecule has 1 aromatic carbocycles. The normalized spacial score (nSPS) is 9.89. The van der Waals surface area contributed by atoms with E-state index in [-0.39, 0.29) is 17.8 Å². The van der Waals surface area contributed by atoms with Gasteiger partial charge in [0.25, 0.3) is 5.69 Å². The molecule has 0 saturated carbocycles. The number of nitrogens with one attached hydrogen (secondary N) is 1. The van der Waals surface area contributed by atoms with E-state index in [9.17, 15) is 19.7 Å². The van der Waals surface area contributed by atoms with E-state index in [1.165, 1.54) is 13.0 Å². The average molecular weight is 252 g/mol. The molecule has 0 aliphatic rings. The van der Waals surface area contributed by atoms with Gasteiger partial charge < -0.3 is 10.4 Å². The highest BCUT2D eigenvalue weighted by molar-refractivity contribution is 5.92. The number of carbonyl (C=O) groups is 2. The van der Waals surface area contributed by atoms with Gasteiger partial charge in [0.2, 0.25) is 5.91 Å². The van der Waals surface area contributed by atoms with Gasteiger partial charge in [-0.3, -0.25) is 19.7 Å². The second-order valence-corrected chi connectivity index (χ2v) is 3.82. The number of benzene rings is 1. The minimum atomic E-state index is -1.07. The fourth-order valence-electron chi connectivity index (χ4n) is 1.60. The molecule has 18 heavy (non-hydrogen) atoms. The number of hydrogen-bond donors (Lipinski definition) is 2. The van der Waals surface area contributed by atoms with Crippen LogP contribution in [0.4, 0.5) is 11.4 Å². The number of nitrogens with zero attached hydrogens (tertiary/aromatic N) is 1. The highest BCUT2D eigenvalue weighted by Crippen LogP contribution is 2.30. The molecule has 0 atom stereocenters. The molecule has 0 aromatic heterocycles. The molecule has 1 aromatic rings. The number of nitro benzene ring substituents is 1. The fourth-order valence-corrected chi connectivity index (χ4v) is 1.60. The van der Waals surface area contributed by atoms with E-state index in [1.54, 1.807) is 6.92 Å². The molecule has 0 aliphatic carbocycles. The first-order valence-corrected chi connectivity index (χ1v) is 5.08. The molecule has 96 valence electrons. The van der Waals surface area contributed by atoms with Crippen molar-refractivity contribution in [3.8, 4) is 0 Å². The van der Waals surface area contributed by atoms with Crippen LogP contribution in [0.3, 0.4) is 0 Å². The molecule has 1 amide bonds. The minimum Gasteiger partial charge on any atom is -0.481 e. The molecular weight excluding hydrogens is 240 g/mol. The first-order chi connectivity index (χ1) is 8.31. The summed E-state index contributed by atoms with van der Waals surface area (Å²) in [5.74, 6) is -1.50. The standard InChI is InChI=1S/C11H12N2O5/c1-6-3-8(5-10(15)16)4-9(13(17)18)11(6)12-7(2)14/h3-4H,5H2,1-2H3,(H,12,14)(H,15,16). The van der Waals surface area contributed by atoms with Crippen molar-refractivity contribution in [2.75, 3.05) is 5.32 Å². The lowest BCUT2D eigenvalue weighted by Crippen LogP contribution is -2.10. The Kier molecular flexibility index (Phi) is 3.98. The minimum absolute atomic E-state index is 0.0987. The molecule has 0 bridgehead atoms. The summed E-state index contributed by atoms with van der Waals surface area (Å²) in [6, 6.07) is 2.67. The Balaban J connectivity index is 3.30. The molecule has 0 saturated heterocycles. The molecule has 2 N–H and O–H groups in total. The van der Waals surface area contributed by atoms with Gasteiger partial charge in [0.15, 0.2) is 0 Å². The maximum Gasteiger partial charge on any atom is 0.307 e. The number of carboxylic acids is 1. The van der Waals surface area contributed by atoms with Crippen LogP contribution in [-0.4, -0.2) is 21.9 Å². The molecule has 0 spiro atoms. The van der Waals surface area contributed by atoms with Crippen LogP contribution >= 0.6 is 0 Å². The number of aryl methyl sites for hydroxylation is 1. The summed E-state index contributed by atoms with van der Waals surface area (Å²) in [5, 5.41) is 21.9. The van der Waals surface area contributed by atoms with Crippen molar-refractivity contribution in [3.63, 3.8) is 0 Å². The molecule has 0 radical (unpaired) electrons. The van der Waals surface area contributed by atoms with Crippen LogP contribution < -0.4 is 5.32 Å². The van der Waals surface area contributed by atoms with Crippen molar-refractivity contribution in [3.05, 3.63) is 33.4 Å². The van der Waals surface area contributed by atoms with Gasteiger partial charge in [-0.2, -0.15) is 0 Å². The quantitative estimate of drug-likeness (QED) is 0.623. The van der Waals surface area contributed by atoms with Crippen LogP contribution in [0.2, 0.25) is 0 Å². The van der Waals surface area contributed by atoms with Crippen molar-refractivity contribution in [1.29, 1.82) is 0 Å². The highest BCUT2D eigenvalue weighted by atomic mass is 16.6. The number of carbonyl (C=O) groups excluding carboxylic acids is 1. The van der Waals surface area contributed by atoms with Gasteiger partial charge in [-0.15, -0.1) is 0 Å². The summed E-state index contributed by atoms with van der Waals surface area (Å²) in [6.07, 6.45) is -0.304. The third-order valence-electron chi connectivity index (χ3n) is 2.23. The highest BCUT2D eigenvalue weighted by Gasteiger charge is 2.19. The van der Waals surface area contributed by atoms with Gasteiger partial charge in [0, 0.05) is 13.0 Å². The number of amides is 1. The van der Waals surface area contributed by atoms with Gasteiger partial charge in [0.05, 0.1) is 11.3 Å². The van der Waals surface area contributed by atoms with Crippen molar-refractivity contribution in [1.82, 2.24) is 0 Å². The fraction of sp³-hybridized carbons (Fsp3) is 0.273. The zero-order valence-electron chi connectivity index (χ0n) is 9.89. The van der Waals surface area contributed by atoms with Crippen molar-refractivity contribution < 1.29 is 19.6 Å². The Morgan fingerprint density at radius 2 is 2.06 bits per heavy atom. The Morgan fingerprint density at radius 3 is 2.50 bits per heavy atom. The maximum absolute atomic E-state index is 11.0. The average Bonchev–Trinajstić information content (AvgIpc) is 2.19. The summed E-state index contributed by atoms with van der Waals surface area (Å²) >= 11 is 0. The predicted octanol–water partition coefficient (Wildman–Crippen LogP) is 1.49. The second-order valence-electron chi connectivity index (χ2n) is 3.82. The lowest BCUT2D eigenvalue weighted by Gasteiger charge is -2.09. The molecule has 0 aliphatic heterocycles. The third kappa shape index (κ3) is 3.27. The van der Waals surface area contributed by atoms with Gasteiger partial charge >= 0.3 is 5.97 Å². The molecule has 7 nitrogen and oxygen atoms in total. The molecule has 0 fully saturated rings. The van der Waals surface area contributed by atoms with Crippen LogP contribution in [0.5, 0.6) is 0 Å². The van der Waals surface area contributed by atoms with Crippen molar-refractivity contribution >= 4 is 23.3 Å². The maximum atomic E-state index is 11.0. The van der Waals surface area contributed by atoms with E-state index in [1.807, 2.05) is 0 Å². The summed E-state index contributed by atoms with van der Waals surface area (Å²) in [7, 11) is 0. The Bertz CT molecular complexity index is 524. The number of aliphatic carboxylic acids is 1. The Labute approximate surface area is 103 Å². The van der Waals surface area contributed by atoms with Crippen LogP contribution in [-0.2, 0) is 16.0 Å². The largest absolute Gasteiger partial charge is 0.481 e. The van der Waals surface area contributed by atoms with Crippen LogP contribution in [0.15, 0.2) is 12.1 Å². The Morgan fingerprint density at radius 1 is 1.44 bits per heavy atom. The first kappa shape index (κ1) is 13.6. The zero-order valence-corrected chi connectivity index (χ0v) is 9.89. The second kappa shape index (κ2) is 5.26. The van der Waals surface area contributed by atoms with E-state index in [2.05, 4.69) is 5.32 Å². The topological polar surface area (TPSA) is 110 Å². The van der Waals surface area contributed by atoms with E-state index in [4.69, 9.17) is 5.11 Å². The summed E-state index contributed by atoms with van der Waals surface area (Å²) in [5.41, 5.74) is 0.569. The van der Waals surface area contributed by atoms with Crippen LogP contribution in [0.1, 0.15) is 18.1 Å². The van der Waals surface area contributed by atoms with E-state index in [0.29, 0.717) is 11.1 Å². The van der Waals surface area contributed by atoms with Gasteiger partial charge in [-0.25, -0.2) is 0 Å². The third-order valence-corrected chi connectivity index (χ3v) is 2.23. The molecular formula is C11H12N2O5. The van der Waals surface area contributed by atoms with E-state index >= 15 is 0 Å². The van der Waals surface area contributed by atoms with Crippen molar-refractivity contribution in [2.24, 2.45) is 0 Å². The van der Waals surface area contributed by atoms with Gasteiger partial charge in [0.1, 0.15) is 5.69 Å². The van der Waals surface area contributed by atoms with Gasteiger partial charge in [-0.1, -0.05) is 6.07 Å². The number of carboxylic acid groups (broad SMARTS) is 1. The van der Waals surface area contributed by atoms with Crippen LogP contribution in [0, 0.1) is 17.0 Å². The van der Waals surface area contributed by atoms with E-state index < -0.39 is 16.8 Å². The number of anilines is 1. The lowest BCUT2D eigenvalue weighted by molar-refractivity contribution is -0.384. The Hall–Kier alpha value is -2.44. The zero-order chi connectivity index (χ0) is 13.9. The number of rotatable bonds is 4. The summed E-state index contributed by atoms with van der Waals surface area (Å²) in [4.78, 5) is 31.8. The van der Waals surface area contributed by atoms with Crippen LogP contribution in [0.25, 0.3) is 0 Å². The molecule has 0 unspecified atom stereocenters. The van der Waals surface area contributed by atoms with Crippen molar-refractivity contribution in [2.45, 2.75) is 20.3 Å². The molecule has 0 heterocycles. The molecule has 7 heteroatoms. The smallest absolute Gasteiger partial charge is 0.307 e. The monoisotopic (exact) mass is 252 g/mol. The lowest BCUT2D eigenvalue weighted by atomic mass is 10.1. The summed E-state index contributed by atoms with van der Waals surface area (Å²) < 4.78 is 0. The first-order valence-electron chi connectivity index (χ1n) is 5.08. The molecule has 1 rings (SSSR count). The number of nitro groups is 1. The number of hydrogen-bond acceptors (Lipinski definition) is 4. The summed E-state index contributed by atoms with van der Waals surface area (Å²) in [6.45, 7) is 2.82. The predicted molar refractivity (Wildman–Crippen MR) is 63.5 cm³/mol. The van der Waals surface area contributed by atoms with Gasteiger partial charge in [-0.05, 0) is 18.1 Å². The van der Waals surface area contributed by atoms with E-state index in [0.717, 1.165) is 6.07 Å². The SMILES string of the molecule is CC(=O)Nc1c(C)cc(CC(=O)O)cc1[N+](=O)[O-].